The van der Waals surface area contributed by atoms with Gasteiger partial charge in [-0.2, -0.15) is 5.10 Å². The third-order valence-corrected chi connectivity index (χ3v) is 3.75. The highest BCUT2D eigenvalue weighted by molar-refractivity contribution is 5.96. The van der Waals surface area contributed by atoms with Crippen molar-refractivity contribution >= 4 is 17.6 Å². The van der Waals surface area contributed by atoms with Gasteiger partial charge in [-0.15, -0.1) is 0 Å². The third kappa shape index (κ3) is 5.34. The summed E-state index contributed by atoms with van der Waals surface area (Å²) in [6, 6.07) is 9.06. The van der Waals surface area contributed by atoms with Crippen LogP contribution < -0.4 is 10.1 Å². The lowest BCUT2D eigenvalue weighted by Gasteiger charge is -2.15. The highest BCUT2D eigenvalue weighted by Gasteiger charge is 2.19. The van der Waals surface area contributed by atoms with Crippen molar-refractivity contribution in [2.24, 2.45) is 0 Å². The van der Waals surface area contributed by atoms with E-state index in [0.717, 1.165) is 11.4 Å². The average Bonchev–Trinajstić information content (AvgIpc) is 2.92. The van der Waals surface area contributed by atoms with Crippen LogP contribution in [0.1, 0.15) is 31.7 Å². The molecule has 0 spiro atoms. The number of aryl methyl sites for hydroxylation is 3. The first kappa shape index (κ1) is 19.5. The van der Waals surface area contributed by atoms with Gasteiger partial charge in [0.15, 0.2) is 6.10 Å². The third-order valence-electron chi connectivity index (χ3n) is 3.75. The second-order valence-corrected chi connectivity index (χ2v) is 5.95. The molecule has 0 aliphatic carbocycles. The molecule has 0 saturated carbocycles. The molecule has 2 aromatic rings. The number of para-hydroxylation sites is 2. The Labute approximate surface area is 153 Å². The standard InChI is InChI=1S/C19H25N3O4/c1-5-25-17-9-7-6-8-16(17)20-19(24)15(4)26-18(23)10-11-22-14(3)12-13(2)21-22/h6-9,12,15H,5,10-11H2,1-4H3,(H,20,24). The summed E-state index contributed by atoms with van der Waals surface area (Å²) in [7, 11) is 0. The number of carbonyl (C=O) groups is 2. The van der Waals surface area contributed by atoms with Crippen LogP contribution in [-0.2, 0) is 20.9 Å². The molecule has 26 heavy (non-hydrogen) atoms. The van der Waals surface area contributed by atoms with E-state index in [1.165, 1.54) is 0 Å². The van der Waals surface area contributed by atoms with E-state index in [2.05, 4.69) is 10.4 Å². The number of amides is 1. The second kappa shape index (κ2) is 9.03. The lowest BCUT2D eigenvalue weighted by Crippen LogP contribution is -2.30. The van der Waals surface area contributed by atoms with Gasteiger partial charge in [-0.3, -0.25) is 14.3 Å². The van der Waals surface area contributed by atoms with Crippen molar-refractivity contribution in [2.75, 3.05) is 11.9 Å². The van der Waals surface area contributed by atoms with Crippen molar-refractivity contribution in [1.29, 1.82) is 0 Å². The van der Waals surface area contributed by atoms with Gasteiger partial charge < -0.3 is 14.8 Å². The largest absolute Gasteiger partial charge is 0.492 e. The fourth-order valence-corrected chi connectivity index (χ4v) is 2.49. The van der Waals surface area contributed by atoms with Gasteiger partial charge in [0.2, 0.25) is 0 Å². The van der Waals surface area contributed by atoms with Gasteiger partial charge in [0.1, 0.15) is 5.75 Å². The smallest absolute Gasteiger partial charge is 0.308 e. The number of hydrogen-bond acceptors (Lipinski definition) is 5. The number of nitrogens with one attached hydrogen (secondary N) is 1. The van der Waals surface area contributed by atoms with Crippen molar-refractivity contribution in [1.82, 2.24) is 9.78 Å². The Morgan fingerprint density at radius 3 is 2.65 bits per heavy atom. The van der Waals surface area contributed by atoms with E-state index < -0.39 is 18.0 Å². The number of aromatic nitrogens is 2. The van der Waals surface area contributed by atoms with Crippen LogP contribution in [0.2, 0.25) is 0 Å². The number of hydrogen-bond donors (Lipinski definition) is 1. The number of ether oxygens (including phenoxy) is 2. The SMILES string of the molecule is CCOc1ccccc1NC(=O)C(C)OC(=O)CCn1nc(C)cc1C. The molecular formula is C19H25N3O4. The van der Waals surface area contributed by atoms with Crippen LogP contribution in [0.25, 0.3) is 0 Å². The molecule has 0 aliphatic heterocycles. The molecule has 2 rings (SSSR count). The van der Waals surface area contributed by atoms with Gasteiger partial charge in [0.05, 0.1) is 31.0 Å². The minimum atomic E-state index is -0.905. The van der Waals surface area contributed by atoms with Crippen LogP contribution in [0.5, 0.6) is 5.75 Å². The molecule has 1 aromatic carbocycles. The Morgan fingerprint density at radius 2 is 2.00 bits per heavy atom. The molecule has 7 heteroatoms. The van der Waals surface area contributed by atoms with E-state index in [9.17, 15) is 9.59 Å². The Bertz CT molecular complexity index is 770. The van der Waals surface area contributed by atoms with Crippen molar-refractivity contribution in [2.45, 2.75) is 46.8 Å². The molecule has 0 bridgehead atoms. The topological polar surface area (TPSA) is 82.5 Å². The molecule has 1 atom stereocenters. The van der Waals surface area contributed by atoms with Gasteiger partial charge in [-0.25, -0.2) is 0 Å². The van der Waals surface area contributed by atoms with E-state index in [1.807, 2.05) is 32.9 Å². The summed E-state index contributed by atoms with van der Waals surface area (Å²) in [5.41, 5.74) is 2.43. The van der Waals surface area contributed by atoms with Crippen molar-refractivity contribution < 1.29 is 19.1 Å². The van der Waals surface area contributed by atoms with Crippen molar-refractivity contribution in [3.8, 4) is 5.75 Å². The summed E-state index contributed by atoms with van der Waals surface area (Å²) in [4.78, 5) is 24.3. The van der Waals surface area contributed by atoms with Gasteiger partial charge >= 0.3 is 5.97 Å². The Morgan fingerprint density at radius 1 is 1.27 bits per heavy atom. The lowest BCUT2D eigenvalue weighted by atomic mass is 10.2. The summed E-state index contributed by atoms with van der Waals surface area (Å²) < 4.78 is 12.4. The minimum absolute atomic E-state index is 0.148. The number of benzene rings is 1. The van der Waals surface area contributed by atoms with E-state index >= 15 is 0 Å². The van der Waals surface area contributed by atoms with E-state index in [0.29, 0.717) is 24.6 Å². The van der Waals surface area contributed by atoms with Gasteiger partial charge in [0.25, 0.3) is 5.91 Å². The quantitative estimate of drug-likeness (QED) is 0.733. The van der Waals surface area contributed by atoms with Gasteiger partial charge in [-0.1, -0.05) is 12.1 Å². The van der Waals surface area contributed by atoms with Gasteiger partial charge in [0, 0.05) is 5.69 Å². The molecule has 1 N–H and O–H groups in total. The molecule has 1 heterocycles. The summed E-state index contributed by atoms with van der Waals surface area (Å²) in [5.74, 6) is -0.277. The average molecular weight is 359 g/mol. The maximum atomic E-state index is 12.3. The zero-order valence-corrected chi connectivity index (χ0v) is 15.6. The number of rotatable bonds is 8. The molecule has 140 valence electrons. The Hall–Kier alpha value is -2.83. The highest BCUT2D eigenvalue weighted by atomic mass is 16.5. The van der Waals surface area contributed by atoms with Crippen LogP contribution in [0, 0.1) is 13.8 Å². The second-order valence-electron chi connectivity index (χ2n) is 5.95. The first-order valence-corrected chi connectivity index (χ1v) is 8.64. The highest BCUT2D eigenvalue weighted by Crippen LogP contribution is 2.23. The summed E-state index contributed by atoms with van der Waals surface area (Å²) >= 11 is 0. The molecule has 1 amide bonds. The lowest BCUT2D eigenvalue weighted by molar-refractivity contribution is -0.153. The molecule has 0 radical (unpaired) electrons. The summed E-state index contributed by atoms with van der Waals surface area (Å²) in [6.07, 6.45) is -0.757. The normalized spacial score (nSPS) is 11.7. The monoisotopic (exact) mass is 359 g/mol. The fraction of sp³-hybridized carbons (Fsp3) is 0.421. The predicted molar refractivity (Wildman–Crippen MR) is 98.1 cm³/mol. The number of carbonyl (C=O) groups excluding carboxylic acids is 2. The maximum absolute atomic E-state index is 12.3. The van der Waals surface area contributed by atoms with E-state index in [1.54, 1.807) is 29.8 Å². The Kier molecular flexibility index (Phi) is 6.77. The summed E-state index contributed by atoms with van der Waals surface area (Å²) in [5, 5.41) is 7.02. The number of nitrogens with zero attached hydrogens (tertiary/aromatic N) is 2. The molecular weight excluding hydrogens is 334 g/mol. The first-order chi connectivity index (χ1) is 12.4. The number of esters is 1. The molecule has 1 aromatic heterocycles. The molecule has 0 fully saturated rings. The van der Waals surface area contributed by atoms with Crippen LogP contribution in [0.4, 0.5) is 5.69 Å². The predicted octanol–water partition coefficient (Wildman–Crippen LogP) is 2.86. The van der Waals surface area contributed by atoms with E-state index in [4.69, 9.17) is 9.47 Å². The molecule has 0 saturated heterocycles. The fourth-order valence-electron chi connectivity index (χ4n) is 2.49. The van der Waals surface area contributed by atoms with E-state index in [-0.39, 0.29) is 6.42 Å². The summed E-state index contributed by atoms with van der Waals surface area (Å²) in [6.45, 7) is 8.14. The van der Waals surface area contributed by atoms with Crippen LogP contribution in [-0.4, -0.2) is 34.4 Å². The van der Waals surface area contributed by atoms with Crippen LogP contribution in [0.15, 0.2) is 30.3 Å². The maximum Gasteiger partial charge on any atom is 0.308 e. The zero-order valence-electron chi connectivity index (χ0n) is 15.6. The molecule has 1 unspecified atom stereocenters. The zero-order chi connectivity index (χ0) is 19.1. The Balaban J connectivity index is 1.86. The molecule has 7 nitrogen and oxygen atoms in total. The molecule has 0 aliphatic rings. The van der Waals surface area contributed by atoms with Gasteiger partial charge in [-0.05, 0) is 45.9 Å². The van der Waals surface area contributed by atoms with Crippen molar-refractivity contribution in [3.05, 3.63) is 41.7 Å². The number of anilines is 1. The van der Waals surface area contributed by atoms with Crippen LogP contribution >= 0.6 is 0 Å². The van der Waals surface area contributed by atoms with Crippen molar-refractivity contribution in [3.63, 3.8) is 0 Å². The first-order valence-electron chi connectivity index (χ1n) is 8.64. The minimum Gasteiger partial charge on any atom is -0.492 e. The van der Waals surface area contributed by atoms with Crippen LogP contribution in [0.3, 0.4) is 0 Å².